The van der Waals surface area contributed by atoms with Crippen LogP contribution in [-0.2, 0) is 6.42 Å². The van der Waals surface area contributed by atoms with Gasteiger partial charge in [0.05, 0.1) is 7.11 Å². The van der Waals surface area contributed by atoms with E-state index in [0.29, 0.717) is 5.88 Å². The standard InChI is InChI=1S/C11H13N3OS/c1-15-11-7-10(13-8-14-11)12-5-4-9-3-2-6-16-9/h2-3,6-8H,4-5H2,1H3,(H,12,13,14). The van der Waals surface area contributed by atoms with E-state index in [9.17, 15) is 0 Å². The Morgan fingerprint density at radius 2 is 2.38 bits per heavy atom. The second-order valence-corrected chi connectivity index (χ2v) is 4.23. The molecule has 0 spiro atoms. The molecule has 5 heteroatoms. The highest BCUT2D eigenvalue weighted by Crippen LogP contribution is 2.12. The number of nitrogens with one attached hydrogen (secondary N) is 1. The Balaban J connectivity index is 1.85. The van der Waals surface area contributed by atoms with Crippen molar-refractivity contribution in [1.29, 1.82) is 0 Å². The first-order valence-electron chi connectivity index (χ1n) is 5.01. The summed E-state index contributed by atoms with van der Waals surface area (Å²) in [5.74, 6) is 1.37. The summed E-state index contributed by atoms with van der Waals surface area (Å²) in [4.78, 5) is 9.42. The van der Waals surface area contributed by atoms with Gasteiger partial charge in [0.2, 0.25) is 5.88 Å². The average Bonchev–Trinajstić information content (AvgIpc) is 2.82. The highest BCUT2D eigenvalue weighted by Gasteiger charge is 1.98. The van der Waals surface area contributed by atoms with E-state index in [0.717, 1.165) is 18.8 Å². The molecule has 4 nitrogen and oxygen atoms in total. The van der Waals surface area contributed by atoms with Gasteiger partial charge in [-0.1, -0.05) is 6.07 Å². The number of anilines is 1. The summed E-state index contributed by atoms with van der Waals surface area (Å²) in [7, 11) is 1.60. The quantitative estimate of drug-likeness (QED) is 0.863. The minimum Gasteiger partial charge on any atom is -0.481 e. The van der Waals surface area contributed by atoms with E-state index in [1.165, 1.54) is 11.2 Å². The Morgan fingerprint density at radius 3 is 3.12 bits per heavy atom. The number of rotatable bonds is 5. The third kappa shape index (κ3) is 2.93. The van der Waals surface area contributed by atoms with E-state index in [2.05, 4.69) is 32.8 Å². The first-order chi connectivity index (χ1) is 7.88. The van der Waals surface area contributed by atoms with Crippen LogP contribution in [0.5, 0.6) is 5.88 Å². The van der Waals surface area contributed by atoms with E-state index in [4.69, 9.17) is 4.74 Å². The molecule has 0 fully saturated rings. The van der Waals surface area contributed by atoms with Crippen molar-refractivity contribution in [3.05, 3.63) is 34.8 Å². The fourth-order valence-corrected chi connectivity index (χ4v) is 2.03. The molecule has 0 aliphatic rings. The predicted molar refractivity (Wildman–Crippen MR) is 65.1 cm³/mol. The summed E-state index contributed by atoms with van der Waals surface area (Å²) in [6, 6.07) is 5.98. The summed E-state index contributed by atoms with van der Waals surface area (Å²) in [5, 5.41) is 5.32. The summed E-state index contributed by atoms with van der Waals surface area (Å²) in [6.07, 6.45) is 2.50. The van der Waals surface area contributed by atoms with Gasteiger partial charge in [0.15, 0.2) is 0 Å². The van der Waals surface area contributed by atoms with Crippen molar-refractivity contribution >= 4 is 17.2 Å². The normalized spacial score (nSPS) is 10.1. The van der Waals surface area contributed by atoms with E-state index < -0.39 is 0 Å². The predicted octanol–water partition coefficient (Wildman–Crippen LogP) is 2.20. The lowest BCUT2D eigenvalue weighted by atomic mass is 10.3. The first kappa shape index (κ1) is 10.9. The lowest BCUT2D eigenvalue weighted by Gasteiger charge is -2.05. The van der Waals surface area contributed by atoms with Crippen molar-refractivity contribution in [3.8, 4) is 5.88 Å². The Hall–Kier alpha value is -1.62. The van der Waals surface area contributed by atoms with Crippen molar-refractivity contribution in [2.75, 3.05) is 19.0 Å². The summed E-state index contributed by atoms with van der Waals surface area (Å²) in [5.41, 5.74) is 0. The third-order valence-corrected chi connectivity index (χ3v) is 3.04. The van der Waals surface area contributed by atoms with Crippen LogP contribution in [0, 0.1) is 0 Å². The van der Waals surface area contributed by atoms with Crippen LogP contribution in [0.2, 0.25) is 0 Å². The van der Waals surface area contributed by atoms with Crippen LogP contribution in [-0.4, -0.2) is 23.6 Å². The van der Waals surface area contributed by atoms with Gasteiger partial charge in [0.1, 0.15) is 12.1 Å². The Labute approximate surface area is 98.3 Å². The second-order valence-electron chi connectivity index (χ2n) is 3.20. The van der Waals surface area contributed by atoms with Crippen molar-refractivity contribution in [2.45, 2.75) is 6.42 Å². The molecule has 0 aliphatic carbocycles. The van der Waals surface area contributed by atoms with Crippen molar-refractivity contribution in [2.24, 2.45) is 0 Å². The highest BCUT2D eigenvalue weighted by atomic mass is 32.1. The fourth-order valence-electron chi connectivity index (χ4n) is 1.32. The zero-order valence-electron chi connectivity index (χ0n) is 9.01. The molecule has 1 N–H and O–H groups in total. The molecule has 16 heavy (non-hydrogen) atoms. The minimum absolute atomic E-state index is 0.577. The van der Waals surface area contributed by atoms with Gasteiger partial charge in [-0.2, -0.15) is 0 Å². The molecule has 0 aromatic carbocycles. The van der Waals surface area contributed by atoms with Crippen LogP contribution in [0.3, 0.4) is 0 Å². The SMILES string of the molecule is COc1cc(NCCc2cccs2)ncn1. The Bertz CT molecular complexity index is 431. The largest absolute Gasteiger partial charge is 0.481 e. The molecule has 2 rings (SSSR count). The number of ether oxygens (including phenoxy) is 1. The van der Waals surface area contributed by atoms with Crippen LogP contribution in [0.15, 0.2) is 29.9 Å². The molecule has 84 valence electrons. The summed E-state index contributed by atoms with van der Waals surface area (Å²) < 4.78 is 5.02. The van der Waals surface area contributed by atoms with Gasteiger partial charge in [-0.3, -0.25) is 0 Å². The molecule has 0 saturated carbocycles. The molecule has 0 unspecified atom stereocenters. The average molecular weight is 235 g/mol. The second kappa shape index (κ2) is 5.46. The van der Waals surface area contributed by atoms with Crippen molar-refractivity contribution in [1.82, 2.24) is 9.97 Å². The molecule has 0 atom stereocenters. The molecular weight excluding hydrogens is 222 g/mol. The molecule has 2 heterocycles. The van der Waals surface area contributed by atoms with E-state index in [1.807, 2.05) is 0 Å². The van der Waals surface area contributed by atoms with Crippen LogP contribution in [0.1, 0.15) is 4.88 Å². The topological polar surface area (TPSA) is 47.0 Å². The number of aromatic nitrogens is 2. The van der Waals surface area contributed by atoms with E-state index >= 15 is 0 Å². The number of thiophene rings is 1. The molecule has 0 amide bonds. The first-order valence-corrected chi connectivity index (χ1v) is 5.89. The number of methoxy groups -OCH3 is 1. The third-order valence-electron chi connectivity index (χ3n) is 2.11. The van der Waals surface area contributed by atoms with Crippen molar-refractivity contribution < 1.29 is 4.74 Å². The molecule has 0 aliphatic heterocycles. The lowest BCUT2D eigenvalue weighted by molar-refractivity contribution is 0.397. The number of hydrogen-bond acceptors (Lipinski definition) is 5. The van der Waals surface area contributed by atoms with Crippen LogP contribution >= 0.6 is 11.3 Å². The number of hydrogen-bond donors (Lipinski definition) is 1. The van der Waals surface area contributed by atoms with E-state index in [1.54, 1.807) is 24.5 Å². The zero-order valence-corrected chi connectivity index (χ0v) is 9.83. The van der Waals surface area contributed by atoms with Gasteiger partial charge in [-0.05, 0) is 17.9 Å². The summed E-state index contributed by atoms with van der Waals surface area (Å²) in [6.45, 7) is 0.862. The lowest BCUT2D eigenvalue weighted by Crippen LogP contribution is -2.05. The van der Waals surface area contributed by atoms with Gasteiger partial charge in [-0.15, -0.1) is 11.3 Å². The maximum atomic E-state index is 5.02. The molecule has 2 aromatic heterocycles. The van der Waals surface area contributed by atoms with Gasteiger partial charge < -0.3 is 10.1 Å². The van der Waals surface area contributed by atoms with Gasteiger partial charge in [0, 0.05) is 17.5 Å². The molecular formula is C11H13N3OS. The monoisotopic (exact) mass is 235 g/mol. The Morgan fingerprint density at radius 1 is 1.44 bits per heavy atom. The maximum absolute atomic E-state index is 5.02. The van der Waals surface area contributed by atoms with Gasteiger partial charge in [0.25, 0.3) is 0 Å². The van der Waals surface area contributed by atoms with Gasteiger partial charge in [-0.25, -0.2) is 9.97 Å². The Kier molecular flexibility index (Phi) is 3.71. The number of nitrogens with zero attached hydrogens (tertiary/aromatic N) is 2. The van der Waals surface area contributed by atoms with Crippen LogP contribution < -0.4 is 10.1 Å². The van der Waals surface area contributed by atoms with Gasteiger partial charge >= 0.3 is 0 Å². The highest BCUT2D eigenvalue weighted by molar-refractivity contribution is 7.09. The van der Waals surface area contributed by atoms with E-state index in [-0.39, 0.29) is 0 Å². The molecule has 0 bridgehead atoms. The van der Waals surface area contributed by atoms with Crippen LogP contribution in [0.4, 0.5) is 5.82 Å². The molecule has 0 radical (unpaired) electrons. The molecule has 0 saturated heterocycles. The zero-order chi connectivity index (χ0) is 11.2. The van der Waals surface area contributed by atoms with Crippen LogP contribution in [0.25, 0.3) is 0 Å². The smallest absolute Gasteiger partial charge is 0.218 e. The summed E-state index contributed by atoms with van der Waals surface area (Å²) >= 11 is 1.77. The maximum Gasteiger partial charge on any atom is 0.218 e. The molecule has 2 aromatic rings. The van der Waals surface area contributed by atoms with Crippen molar-refractivity contribution in [3.63, 3.8) is 0 Å². The fraction of sp³-hybridized carbons (Fsp3) is 0.273. The minimum atomic E-state index is 0.577.